The third-order valence-electron chi connectivity index (χ3n) is 0.913. The van der Waals surface area contributed by atoms with Crippen LogP contribution in [0.4, 0.5) is 0 Å². The van der Waals surface area contributed by atoms with Crippen LogP contribution in [0.2, 0.25) is 0 Å². The molecule has 0 atom stereocenters. The summed E-state index contributed by atoms with van der Waals surface area (Å²) < 4.78 is 0. The number of hydrogen-bond donors (Lipinski definition) is 0. The smallest absolute Gasteiger partial charge is 0.0898 e. The summed E-state index contributed by atoms with van der Waals surface area (Å²) in [5.74, 6) is 0.595. The first-order chi connectivity index (χ1) is 4.92. The third-order valence-corrected chi connectivity index (χ3v) is 0.913. The Morgan fingerprint density at radius 3 is 2.18 bits per heavy atom. The minimum absolute atomic E-state index is 0.0412. The van der Waals surface area contributed by atoms with E-state index in [2.05, 4.69) is 29.8 Å². The van der Waals surface area contributed by atoms with Gasteiger partial charge in [-0.15, -0.1) is 0 Å². The number of nitrogens with zero attached hydrogens (tertiary/aromatic N) is 2. The topological polar surface area (TPSA) is 24.7 Å². The van der Waals surface area contributed by atoms with E-state index in [0.29, 0.717) is 5.92 Å². The predicted molar refractivity (Wildman–Crippen MR) is 49.3 cm³/mol. The van der Waals surface area contributed by atoms with Crippen molar-refractivity contribution in [3.8, 4) is 0 Å². The van der Waals surface area contributed by atoms with Gasteiger partial charge in [0, 0.05) is 0 Å². The van der Waals surface area contributed by atoms with E-state index in [0.717, 1.165) is 6.54 Å². The van der Waals surface area contributed by atoms with Gasteiger partial charge in [0.1, 0.15) is 0 Å². The molecule has 0 bridgehead atoms. The second-order valence-corrected chi connectivity index (χ2v) is 4.12. The maximum absolute atomic E-state index is 4.11. The van der Waals surface area contributed by atoms with E-state index in [1.54, 1.807) is 0 Å². The first-order valence-electron chi connectivity index (χ1n) is 4.05. The van der Waals surface area contributed by atoms with Gasteiger partial charge in [-0.2, -0.15) is 0 Å². The molecule has 0 unspecified atom stereocenters. The summed E-state index contributed by atoms with van der Waals surface area (Å²) in [6.07, 6.45) is 0. The minimum atomic E-state index is -0.0412. The minimum Gasteiger partial charge on any atom is -0.225 e. The zero-order valence-corrected chi connectivity index (χ0v) is 8.18. The highest BCUT2D eigenvalue weighted by Gasteiger charge is 2.03. The van der Waals surface area contributed by atoms with E-state index >= 15 is 0 Å². The lowest BCUT2D eigenvalue weighted by Crippen LogP contribution is -2.08. The van der Waals surface area contributed by atoms with E-state index in [9.17, 15) is 0 Å². The Labute approximate surface area is 69.4 Å². The molecular formula is C9H18N2. The average Bonchev–Trinajstić information content (AvgIpc) is 1.78. The summed E-state index contributed by atoms with van der Waals surface area (Å²) in [6.45, 7) is 11.2. The van der Waals surface area contributed by atoms with Gasteiger partial charge in [0.25, 0.3) is 0 Å². The highest BCUT2D eigenvalue weighted by atomic mass is 14.9. The predicted octanol–water partition coefficient (Wildman–Crippen LogP) is 2.61. The fourth-order valence-corrected chi connectivity index (χ4v) is 0.409. The molecule has 0 N–H and O–H groups in total. The van der Waals surface area contributed by atoms with Crippen LogP contribution >= 0.6 is 0 Å². The maximum Gasteiger partial charge on any atom is 0.0898 e. The van der Waals surface area contributed by atoms with Crippen molar-refractivity contribution in [1.82, 2.24) is 0 Å². The molecular weight excluding hydrogens is 136 g/mol. The van der Waals surface area contributed by atoms with E-state index in [1.165, 1.54) is 0 Å². The molecule has 0 saturated carbocycles. The molecule has 11 heavy (non-hydrogen) atoms. The van der Waals surface area contributed by atoms with Crippen LogP contribution in [0.1, 0.15) is 34.6 Å². The van der Waals surface area contributed by atoms with Gasteiger partial charge < -0.3 is 0 Å². The van der Waals surface area contributed by atoms with Crippen molar-refractivity contribution in [2.24, 2.45) is 15.9 Å². The molecule has 0 aliphatic rings. The van der Waals surface area contributed by atoms with Crippen LogP contribution in [0.15, 0.2) is 9.98 Å². The highest BCUT2D eigenvalue weighted by molar-refractivity contribution is 5.42. The molecule has 0 aliphatic carbocycles. The van der Waals surface area contributed by atoms with Crippen molar-refractivity contribution in [3.63, 3.8) is 0 Å². The van der Waals surface area contributed by atoms with Gasteiger partial charge >= 0.3 is 0 Å². The molecule has 0 heterocycles. The van der Waals surface area contributed by atoms with E-state index in [1.807, 2.05) is 20.8 Å². The van der Waals surface area contributed by atoms with Gasteiger partial charge in [0.2, 0.25) is 0 Å². The lowest BCUT2D eigenvalue weighted by Gasteiger charge is -2.06. The third kappa shape index (κ3) is 9.38. The molecule has 0 spiro atoms. The van der Waals surface area contributed by atoms with Crippen molar-refractivity contribution >= 4 is 6.01 Å². The lowest BCUT2D eigenvalue weighted by atomic mass is 10.1. The van der Waals surface area contributed by atoms with Gasteiger partial charge in [-0.3, -0.25) is 0 Å². The van der Waals surface area contributed by atoms with Crippen molar-refractivity contribution in [2.45, 2.75) is 40.2 Å². The Kier molecular flexibility index (Phi) is 4.06. The highest BCUT2D eigenvalue weighted by Crippen LogP contribution is 2.03. The molecule has 0 amide bonds. The average molecular weight is 154 g/mol. The SMILES string of the molecule is CC(C)CN=C=NC(C)(C)C. The first kappa shape index (κ1) is 10.4. The zero-order chi connectivity index (χ0) is 8.91. The molecule has 0 radical (unpaired) electrons. The van der Waals surface area contributed by atoms with Gasteiger partial charge in [0.15, 0.2) is 0 Å². The van der Waals surface area contributed by atoms with Crippen LogP contribution in [-0.4, -0.2) is 18.1 Å². The molecule has 2 heteroatoms. The fraction of sp³-hybridized carbons (Fsp3) is 0.889. The fourth-order valence-electron chi connectivity index (χ4n) is 0.409. The molecule has 0 aliphatic heterocycles. The Hall–Kier alpha value is -0.620. The summed E-state index contributed by atoms with van der Waals surface area (Å²) in [7, 11) is 0. The monoisotopic (exact) mass is 154 g/mol. The van der Waals surface area contributed by atoms with Gasteiger partial charge in [-0.1, -0.05) is 13.8 Å². The maximum atomic E-state index is 4.11. The second-order valence-electron chi connectivity index (χ2n) is 4.12. The Bertz CT molecular complexity index is 157. The number of hydrogen-bond acceptors (Lipinski definition) is 2. The standard InChI is InChI=1S/C9H18N2/c1-8(2)6-10-7-11-9(3,4)5/h8H,6H2,1-5H3. The van der Waals surface area contributed by atoms with E-state index in [4.69, 9.17) is 0 Å². The molecule has 0 aromatic rings. The second kappa shape index (κ2) is 4.30. The normalized spacial score (nSPS) is 11.1. The summed E-state index contributed by atoms with van der Waals surface area (Å²) in [6, 6.07) is 2.71. The molecule has 2 nitrogen and oxygen atoms in total. The van der Waals surface area contributed by atoms with Crippen molar-refractivity contribution in [3.05, 3.63) is 0 Å². The van der Waals surface area contributed by atoms with Crippen LogP contribution in [0.5, 0.6) is 0 Å². The van der Waals surface area contributed by atoms with Gasteiger partial charge in [-0.05, 0) is 26.7 Å². The molecule has 0 aromatic carbocycles. The largest absolute Gasteiger partial charge is 0.225 e. The Morgan fingerprint density at radius 1 is 1.27 bits per heavy atom. The Balaban J connectivity index is 3.83. The summed E-state index contributed by atoms with van der Waals surface area (Å²) >= 11 is 0. The lowest BCUT2D eigenvalue weighted by molar-refractivity contribution is 0.585. The van der Waals surface area contributed by atoms with E-state index < -0.39 is 0 Å². The number of aliphatic imine (C=N–C) groups is 2. The van der Waals surface area contributed by atoms with Crippen molar-refractivity contribution in [2.75, 3.05) is 6.54 Å². The Morgan fingerprint density at radius 2 is 1.82 bits per heavy atom. The van der Waals surface area contributed by atoms with Crippen LogP contribution < -0.4 is 0 Å². The van der Waals surface area contributed by atoms with Gasteiger partial charge in [0.05, 0.1) is 18.1 Å². The summed E-state index contributed by atoms with van der Waals surface area (Å²) in [4.78, 5) is 8.15. The van der Waals surface area contributed by atoms with Crippen molar-refractivity contribution < 1.29 is 0 Å². The van der Waals surface area contributed by atoms with Crippen LogP contribution in [0, 0.1) is 5.92 Å². The molecule has 0 fully saturated rings. The molecule has 64 valence electrons. The first-order valence-corrected chi connectivity index (χ1v) is 4.05. The van der Waals surface area contributed by atoms with Gasteiger partial charge in [-0.25, -0.2) is 9.98 Å². The van der Waals surface area contributed by atoms with Crippen LogP contribution in [0.3, 0.4) is 0 Å². The van der Waals surface area contributed by atoms with Crippen molar-refractivity contribution in [1.29, 1.82) is 0 Å². The number of rotatable bonds is 2. The zero-order valence-electron chi connectivity index (χ0n) is 8.18. The molecule has 0 aromatic heterocycles. The molecule has 0 saturated heterocycles. The summed E-state index contributed by atoms with van der Waals surface area (Å²) in [5, 5.41) is 0. The molecule has 0 rings (SSSR count). The van der Waals surface area contributed by atoms with E-state index in [-0.39, 0.29) is 5.54 Å². The van der Waals surface area contributed by atoms with Crippen LogP contribution in [-0.2, 0) is 0 Å². The quantitative estimate of drug-likeness (QED) is 0.546. The summed E-state index contributed by atoms with van der Waals surface area (Å²) in [5.41, 5.74) is -0.0412. The van der Waals surface area contributed by atoms with Crippen LogP contribution in [0.25, 0.3) is 0 Å².